The first-order valence-corrected chi connectivity index (χ1v) is 3.24. The summed E-state index contributed by atoms with van der Waals surface area (Å²) in [6, 6.07) is 0. The van der Waals surface area contributed by atoms with Gasteiger partial charge in [0.1, 0.15) is 0 Å². The molecule has 0 aliphatic rings. The maximum Gasteiger partial charge on any atom is 0.203 e. The maximum absolute atomic E-state index is 4.92. The fourth-order valence-electron chi connectivity index (χ4n) is 0.333. The third-order valence-corrected chi connectivity index (χ3v) is 0.917. The molecule has 0 bridgehead atoms. The molecule has 0 unspecified atom stereocenters. The smallest absolute Gasteiger partial charge is 0.203 e. The highest BCUT2D eigenvalue weighted by Gasteiger charge is 1.95. The number of thiol groups is 1. The van der Waals surface area contributed by atoms with Crippen LogP contribution in [0.4, 0.5) is 0 Å². The van der Waals surface area contributed by atoms with Crippen LogP contribution in [0, 0.1) is 0 Å². The maximum atomic E-state index is 4.92. The van der Waals surface area contributed by atoms with Gasteiger partial charge in [0.25, 0.3) is 0 Å². The van der Waals surface area contributed by atoms with Crippen LogP contribution >= 0.6 is 12.6 Å². The molecule has 0 fully saturated rings. The zero-order valence-corrected chi connectivity index (χ0v) is 6.15. The number of hydrogen-bond donors (Lipinski definition) is 1. The summed E-state index contributed by atoms with van der Waals surface area (Å²) in [7, 11) is 0. The van der Waals surface area contributed by atoms with E-state index in [-0.39, 0.29) is 5.62 Å². The molecule has 0 spiro atoms. The van der Waals surface area contributed by atoms with E-state index < -0.39 is 0 Å². The molecule has 0 N–H and O–H groups in total. The summed E-state index contributed by atoms with van der Waals surface area (Å²) >= 11 is 3.95. The van der Waals surface area contributed by atoms with Gasteiger partial charge in [0.15, 0.2) is 0 Å². The number of hydrogen-bond acceptors (Lipinski definition) is 3. The third-order valence-electron chi connectivity index (χ3n) is 0.618. The molecule has 0 atom stereocenters. The van der Waals surface area contributed by atoms with Crippen LogP contribution in [-0.4, -0.2) is 18.8 Å². The summed E-state index contributed by atoms with van der Waals surface area (Å²) in [6.45, 7) is 5.10. The molecular weight excluding hydrogens is 124 g/mol. The standard InChI is InChI=1S/C5H12O2S/c1-3-6-5(8)7-4-2/h5,8H,3-4H2,1-2H3. The SMILES string of the molecule is CCOC(S)OCC. The molecule has 0 saturated carbocycles. The van der Waals surface area contributed by atoms with E-state index in [4.69, 9.17) is 9.47 Å². The van der Waals surface area contributed by atoms with Gasteiger partial charge < -0.3 is 9.47 Å². The molecule has 0 rings (SSSR count). The Morgan fingerprint density at radius 2 is 1.62 bits per heavy atom. The Bertz CT molecular complexity index is 43.7. The van der Waals surface area contributed by atoms with Gasteiger partial charge >= 0.3 is 0 Å². The van der Waals surface area contributed by atoms with Crippen molar-refractivity contribution in [1.82, 2.24) is 0 Å². The molecule has 0 saturated heterocycles. The monoisotopic (exact) mass is 136 g/mol. The molecule has 2 nitrogen and oxygen atoms in total. The fraction of sp³-hybridized carbons (Fsp3) is 1.00. The Balaban J connectivity index is 2.92. The molecule has 0 aromatic carbocycles. The number of ether oxygens (including phenoxy) is 2. The average Bonchev–Trinajstić information content (AvgIpc) is 1.68. The van der Waals surface area contributed by atoms with Gasteiger partial charge in [-0.2, -0.15) is 0 Å². The molecule has 0 amide bonds. The Kier molecular flexibility index (Phi) is 5.59. The van der Waals surface area contributed by atoms with E-state index in [0.29, 0.717) is 13.2 Å². The summed E-state index contributed by atoms with van der Waals surface area (Å²) < 4.78 is 9.85. The molecule has 0 aromatic rings. The van der Waals surface area contributed by atoms with Gasteiger partial charge in [0.2, 0.25) is 5.62 Å². The summed E-state index contributed by atoms with van der Waals surface area (Å²) in [5.74, 6) is 0. The van der Waals surface area contributed by atoms with E-state index >= 15 is 0 Å². The van der Waals surface area contributed by atoms with E-state index in [1.165, 1.54) is 0 Å². The minimum absolute atomic E-state index is 0.343. The van der Waals surface area contributed by atoms with E-state index in [9.17, 15) is 0 Å². The van der Waals surface area contributed by atoms with Crippen molar-refractivity contribution in [3.63, 3.8) is 0 Å². The van der Waals surface area contributed by atoms with Crippen molar-refractivity contribution in [2.24, 2.45) is 0 Å². The molecule has 8 heavy (non-hydrogen) atoms. The van der Waals surface area contributed by atoms with Crippen LogP contribution in [-0.2, 0) is 9.47 Å². The Morgan fingerprint density at radius 3 is 1.88 bits per heavy atom. The van der Waals surface area contributed by atoms with Crippen LogP contribution in [0.15, 0.2) is 0 Å². The second-order valence-electron chi connectivity index (χ2n) is 1.22. The van der Waals surface area contributed by atoms with Crippen molar-refractivity contribution in [1.29, 1.82) is 0 Å². The molecule has 0 aromatic heterocycles. The second-order valence-corrected chi connectivity index (χ2v) is 1.64. The van der Waals surface area contributed by atoms with E-state index in [2.05, 4.69) is 12.6 Å². The van der Waals surface area contributed by atoms with Gasteiger partial charge in [-0.1, -0.05) is 0 Å². The summed E-state index contributed by atoms with van der Waals surface area (Å²) in [6.07, 6.45) is 0. The van der Waals surface area contributed by atoms with E-state index in [1.807, 2.05) is 13.8 Å². The molecule has 0 aliphatic carbocycles. The minimum atomic E-state index is -0.343. The highest BCUT2D eigenvalue weighted by atomic mass is 32.1. The Labute approximate surface area is 55.6 Å². The summed E-state index contributed by atoms with van der Waals surface area (Å²) in [4.78, 5) is 0. The molecule has 0 radical (unpaired) electrons. The van der Waals surface area contributed by atoms with Gasteiger partial charge in [-0.3, -0.25) is 0 Å². The Morgan fingerprint density at radius 1 is 1.25 bits per heavy atom. The zero-order valence-electron chi connectivity index (χ0n) is 5.26. The number of rotatable bonds is 4. The second kappa shape index (κ2) is 5.41. The molecule has 0 aliphatic heterocycles. The molecule has 3 heteroatoms. The summed E-state index contributed by atoms with van der Waals surface area (Å²) in [5.41, 5.74) is -0.343. The van der Waals surface area contributed by atoms with Gasteiger partial charge in [0, 0.05) is 13.2 Å². The van der Waals surface area contributed by atoms with Gasteiger partial charge in [-0.25, -0.2) is 0 Å². The quantitative estimate of drug-likeness (QED) is 0.463. The van der Waals surface area contributed by atoms with Crippen LogP contribution < -0.4 is 0 Å². The first kappa shape index (κ1) is 8.27. The highest BCUT2D eigenvalue weighted by Crippen LogP contribution is 1.97. The molecule has 50 valence electrons. The lowest BCUT2D eigenvalue weighted by Gasteiger charge is -2.08. The van der Waals surface area contributed by atoms with Crippen LogP contribution in [0.1, 0.15) is 13.8 Å². The fourth-order valence-corrected chi connectivity index (χ4v) is 0.631. The first-order chi connectivity index (χ1) is 3.81. The minimum Gasteiger partial charge on any atom is -0.344 e. The highest BCUT2D eigenvalue weighted by molar-refractivity contribution is 7.80. The van der Waals surface area contributed by atoms with E-state index in [0.717, 1.165) is 0 Å². The third kappa shape index (κ3) is 4.43. The lowest BCUT2D eigenvalue weighted by molar-refractivity contribution is -0.0722. The van der Waals surface area contributed by atoms with Crippen molar-refractivity contribution < 1.29 is 9.47 Å². The van der Waals surface area contributed by atoms with E-state index in [1.54, 1.807) is 0 Å². The van der Waals surface area contributed by atoms with Crippen molar-refractivity contribution in [2.75, 3.05) is 13.2 Å². The zero-order chi connectivity index (χ0) is 6.41. The van der Waals surface area contributed by atoms with Crippen molar-refractivity contribution in [2.45, 2.75) is 19.5 Å². The first-order valence-electron chi connectivity index (χ1n) is 2.72. The normalized spacial score (nSPS) is 10.5. The van der Waals surface area contributed by atoms with Gasteiger partial charge in [-0.05, 0) is 13.8 Å². The van der Waals surface area contributed by atoms with Crippen LogP contribution in [0.2, 0.25) is 0 Å². The van der Waals surface area contributed by atoms with Gasteiger partial charge in [0.05, 0.1) is 0 Å². The largest absolute Gasteiger partial charge is 0.344 e. The lowest BCUT2D eigenvalue weighted by atomic mass is 10.9. The Hall–Kier alpha value is 0.270. The molecule has 0 heterocycles. The van der Waals surface area contributed by atoms with Crippen molar-refractivity contribution >= 4 is 12.6 Å². The predicted octanol–water partition coefficient (Wildman–Crippen LogP) is 1.27. The van der Waals surface area contributed by atoms with Crippen molar-refractivity contribution in [3.8, 4) is 0 Å². The lowest BCUT2D eigenvalue weighted by Crippen LogP contribution is -2.08. The van der Waals surface area contributed by atoms with Crippen LogP contribution in [0.25, 0.3) is 0 Å². The van der Waals surface area contributed by atoms with Gasteiger partial charge in [-0.15, -0.1) is 12.6 Å². The summed E-state index contributed by atoms with van der Waals surface area (Å²) in [5, 5.41) is 0. The average molecular weight is 136 g/mol. The van der Waals surface area contributed by atoms with Crippen LogP contribution in [0.3, 0.4) is 0 Å². The van der Waals surface area contributed by atoms with Crippen molar-refractivity contribution in [3.05, 3.63) is 0 Å². The van der Waals surface area contributed by atoms with Crippen LogP contribution in [0.5, 0.6) is 0 Å². The topological polar surface area (TPSA) is 18.5 Å². The predicted molar refractivity (Wildman–Crippen MR) is 36.0 cm³/mol. The molecular formula is C5H12O2S.